The lowest BCUT2D eigenvalue weighted by atomic mass is 10.0. The van der Waals surface area contributed by atoms with Crippen LogP contribution in [0.3, 0.4) is 0 Å². The van der Waals surface area contributed by atoms with E-state index in [0.717, 1.165) is 0 Å². The molecule has 1 rings (SSSR count). The van der Waals surface area contributed by atoms with Gasteiger partial charge in [0.25, 0.3) is 0 Å². The van der Waals surface area contributed by atoms with Gasteiger partial charge in [-0.3, -0.25) is 0 Å². The molecule has 0 amide bonds. The van der Waals surface area contributed by atoms with Gasteiger partial charge in [-0.1, -0.05) is 0 Å². The van der Waals surface area contributed by atoms with Gasteiger partial charge in [0.05, 0.1) is 19.3 Å². The van der Waals surface area contributed by atoms with E-state index in [1.54, 1.807) is 0 Å². The van der Waals surface area contributed by atoms with E-state index in [9.17, 15) is 15.3 Å². The Hall–Kier alpha value is -0.280. The summed E-state index contributed by atoms with van der Waals surface area (Å²) >= 11 is 0. The summed E-state index contributed by atoms with van der Waals surface area (Å²) in [5.74, 6) is 0. The first-order chi connectivity index (χ1) is 7.47. The van der Waals surface area contributed by atoms with Gasteiger partial charge in [-0.2, -0.15) is 0 Å². The fourth-order valence-corrected chi connectivity index (χ4v) is 1.41. The quantitative estimate of drug-likeness (QED) is 0.358. The lowest BCUT2D eigenvalue weighted by molar-refractivity contribution is -0.297. The molecule has 5 N–H and O–H groups in total. The average molecular weight is 238 g/mol. The minimum Gasteiger partial charge on any atom is -0.394 e. The van der Waals surface area contributed by atoms with Gasteiger partial charge in [0, 0.05) is 0 Å². The molecule has 0 aromatic carbocycles. The van der Waals surface area contributed by atoms with Gasteiger partial charge >= 0.3 is 0 Å². The highest BCUT2D eigenvalue weighted by Gasteiger charge is 2.42. The molecule has 1 saturated heterocycles. The third-order valence-corrected chi connectivity index (χ3v) is 2.47. The Kier molecular flexibility index (Phi) is 5.06. The van der Waals surface area contributed by atoms with E-state index in [1.165, 1.54) is 6.92 Å². The molecule has 6 atom stereocenters. The van der Waals surface area contributed by atoms with Crippen molar-refractivity contribution in [3.05, 3.63) is 0 Å². The van der Waals surface area contributed by atoms with Crippen molar-refractivity contribution in [1.82, 2.24) is 0 Å². The Bertz CT molecular complexity index is 212. The van der Waals surface area contributed by atoms with E-state index in [-0.39, 0.29) is 6.61 Å². The van der Waals surface area contributed by atoms with Crippen LogP contribution in [0.25, 0.3) is 0 Å². The molecule has 0 saturated carbocycles. The van der Waals surface area contributed by atoms with Crippen molar-refractivity contribution < 1.29 is 35.0 Å². The van der Waals surface area contributed by atoms with Gasteiger partial charge in [-0.05, 0) is 6.92 Å². The molecule has 0 bridgehead atoms. The van der Waals surface area contributed by atoms with Crippen LogP contribution in [0.1, 0.15) is 6.92 Å². The SMILES string of the molecule is CC1OC(OCC(O)CO)C(O)C(O)C1O. The molecule has 1 aliphatic heterocycles. The highest BCUT2D eigenvalue weighted by Crippen LogP contribution is 2.21. The zero-order valence-corrected chi connectivity index (χ0v) is 8.93. The second-order valence-corrected chi connectivity index (χ2v) is 3.85. The zero-order valence-electron chi connectivity index (χ0n) is 8.93. The molecule has 0 aromatic heterocycles. The van der Waals surface area contributed by atoms with E-state index < -0.39 is 43.4 Å². The predicted octanol–water partition coefficient (Wildman–Crippen LogP) is -2.82. The molecule has 7 heteroatoms. The van der Waals surface area contributed by atoms with E-state index in [1.807, 2.05) is 0 Å². The molecule has 96 valence electrons. The van der Waals surface area contributed by atoms with Crippen molar-refractivity contribution >= 4 is 0 Å². The van der Waals surface area contributed by atoms with Crippen LogP contribution in [-0.4, -0.2) is 75.6 Å². The molecule has 7 nitrogen and oxygen atoms in total. The lowest BCUT2D eigenvalue weighted by Crippen LogP contribution is -2.57. The Morgan fingerprint density at radius 2 is 1.81 bits per heavy atom. The van der Waals surface area contributed by atoms with Gasteiger partial charge in [-0.15, -0.1) is 0 Å². The summed E-state index contributed by atoms with van der Waals surface area (Å²) in [5.41, 5.74) is 0. The Morgan fingerprint density at radius 3 is 2.38 bits per heavy atom. The number of rotatable bonds is 4. The van der Waals surface area contributed by atoms with Crippen molar-refractivity contribution in [1.29, 1.82) is 0 Å². The molecule has 1 heterocycles. The molecule has 0 aromatic rings. The van der Waals surface area contributed by atoms with Crippen molar-refractivity contribution in [2.75, 3.05) is 13.2 Å². The van der Waals surface area contributed by atoms with Crippen LogP contribution in [0, 0.1) is 0 Å². The maximum Gasteiger partial charge on any atom is 0.186 e. The highest BCUT2D eigenvalue weighted by atomic mass is 16.7. The van der Waals surface area contributed by atoms with Crippen molar-refractivity contribution in [3.8, 4) is 0 Å². The van der Waals surface area contributed by atoms with Crippen LogP contribution < -0.4 is 0 Å². The fourth-order valence-electron chi connectivity index (χ4n) is 1.41. The first-order valence-electron chi connectivity index (χ1n) is 5.07. The van der Waals surface area contributed by atoms with E-state index in [2.05, 4.69) is 0 Å². The normalized spacial score (nSPS) is 42.0. The number of hydrogen-bond donors (Lipinski definition) is 5. The van der Waals surface area contributed by atoms with Crippen LogP contribution in [0.2, 0.25) is 0 Å². The minimum atomic E-state index is -1.39. The zero-order chi connectivity index (χ0) is 12.3. The second kappa shape index (κ2) is 5.87. The van der Waals surface area contributed by atoms with Crippen LogP contribution >= 0.6 is 0 Å². The minimum absolute atomic E-state index is 0.228. The first kappa shape index (κ1) is 13.8. The third kappa shape index (κ3) is 3.11. The molecule has 1 fully saturated rings. The summed E-state index contributed by atoms with van der Waals surface area (Å²) in [6, 6.07) is 0. The maximum absolute atomic E-state index is 9.51. The standard InChI is InChI=1S/C9H18O7/c1-4-6(12)7(13)8(14)9(16-4)15-3-5(11)2-10/h4-14H,2-3H2,1H3. The monoisotopic (exact) mass is 238 g/mol. The summed E-state index contributed by atoms with van der Waals surface area (Å²) in [6.45, 7) is 0.829. The lowest BCUT2D eigenvalue weighted by Gasteiger charge is -2.39. The molecular formula is C9H18O7. The summed E-state index contributed by atoms with van der Waals surface area (Å²) in [7, 11) is 0. The van der Waals surface area contributed by atoms with Gasteiger partial charge in [0.1, 0.15) is 24.4 Å². The summed E-state index contributed by atoms with van der Waals surface area (Å²) < 4.78 is 10.1. The van der Waals surface area contributed by atoms with E-state index in [0.29, 0.717) is 0 Å². The molecule has 0 aliphatic carbocycles. The second-order valence-electron chi connectivity index (χ2n) is 3.85. The largest absolute Gasteiger partial charge is 0.394 e. The predicted molar refractivity (Wildman–Crippen MR) is 51.4 cm³/mol. The smallest absolute Gasteiger partial charge is 0.186 e. The maximum atomic E-state index is 9.51. The number of hydrogen-bond acceptors (Lipinski definition) is 7. The van der Waals surface area contributed by atoms with Crippen LogP contribution in [0.15, 0.2) is 0 Å². The fraction of sp³-hybridized carbons (Fsp3) is 1.00. The van der Waals surface area contributed by atoms with Crippen LogP contribution in [0.4, 0.5) is 0 Å². The molecule has 16 heavy (non-hydrogen) atoms. The summed E-state index contributed by atoms with van der Waals surface area (Å²) in [4.78, 5) is 0. The molecule has 6 unspecified atom stereocenters. The van der Waals surface area contributed by atoms with Gasteiger partial charge in [-0.25, -0.2) is 0 Å². The summed E-state index contributed by atoms with van der Waals surface area (Å²) in [6.07, 6.45) is -6.82. The number of aliphatic hydroxyl groups is 5. The number of ether oxygens (including phenoxy) is 2. The van der Waals surface area contributed by atoms with Crippen LogP contribution in [-0.2, 0) is 9.47 Å². The number of aliphatic hydroxyl groups excluding tert-OH is 5. The third-order valence-electron chi connectivity index (χ3n) is 2.47. The summed E-state index contributed by atoms with van der Waals surface area (Å²) in [5, 5.41) is 45.9. The molecular weight excluding hydrogens is 220 g/mol. The first-order valence-corrected chi connectivity index (χ1v) is 5.07. The van der Waals surface area contributed by atoms with E-state index in [4.69, 9.17) is 19.7 Å². The Morgan fingerprint density at radius 1 is 1.19 bits per heavy atom. The Balaban J connectivity index is 2.47. The van der Waals surface area contributed by atoms with Crippen molar-refractivity contribution in [2.24, 2.45) is 0 Å². The van der Waals surface area contributed by atoms with Gasteiger partial charge < -0.3 is 35.0 Å². The van der Waals surface area contributed by atoms with Gasteiger partial charge in [0.2, 0.25) is 0 Å². The van der Waals surface area contributed by atoms with Gasteiger partial charge in [0.15, 0.2) is 6.29 Å². The highest BCUT2D eigenvalue weighted by molar-refractivity contribution is 4.87. The molecule has 1 aliphatic rings. The van der Waals surface area contributed by atoms with Crippen LogP contribution in [0.5, 0.6) is 0 Å². The molecule has 0 radical (unpaired) electrons. The van der Waals surface area contributed by atoms with Crippen molar-refractivity contribution in [3.63, 3.8) is 0 Å². The average Bonchev–Trinajstić information content (AvgIpc) is 2.28. The topological polar surface area (TPSA) is 120 Å². The Labute approximate surface area is 92.9 Å². The molecule has 0 spiro atoms. The van der Waals surface area contributed by atoms with E-state index >= 15 is 0 Å². The van der Waals surface area contributed by atoms with Crippen molar-refractivity contribution in [2.45, 2.75) is 43.7 Å².